The maximum absolute atomic E-state index is 11.6. The molecule has 0 saturated carbocycles. The fraction of sp³-hybridized carbons (Fsp3) is 0.625. The lowest BCUT2D eigenvalue weighted by Crippen LogP contribution is -2.27. The first-order valence-electron chi connectivity index (χ1n) is 4.07. The Labute approximate surface area is 84.2 Å². The second-order valence-electron chi connectivity index (χ2n) is 2.66. The highest BCUT2D eigenvalue weighted by atomic mass is 31.2. The first kappa shape index (κ1) is 13.4. The lowest BCUT2D eigenvalue weighted by Gasteiger charge is -2.18. The largest absolute Gasteiger partial charge is 0.342 e. The van der Waals surface area contributed by atoms with Crippen molar-refractivity contribution >= 4 is 13.5 Å². The summed E-state index contributed by atoms with van der Waals surface area (Å²) < 4.78 is 21.0. The minimum atomic E-state index is -3.01. The van der Waals surface area contributed by atoms with Gasteiger partial charge in [0.1, 0.15) is 0 Å². The summed E-state index contributed by atoms with van der Waals surface area (Å²) in [4.78, 5) is 12.4. The number of hydrogen-bond acceptors (Lipinski definition) is 4. The van der Waals surface area contributed by atoms with Crippen LogP contribution in [-0.4, -0.2) is 44.8 Å². The molecule has 0 radical (unpaired) electrons. The van der Waals surface area contributed by atoms with Gasteiger partial charge in [-0.05, 0) is 6.08 Å². The van der Waals surface area contributed by atoms with Crippen molar-refractivity contribution in [2.24, 2.45) is 0 Å². The van der Waals surface area contributed by atoms with Crippen LogP contribution in [0.25, 0.3) is 0 Å². The first-order chi connectivity index (χ1) is 6.49. The van der Waals surface area contributed by atoms with E-state index >= 15 is 0 Å². The molecule has 0 saturated heterocycles. The minimum Gasteiger partial charge on any atom is -0.342 e. The Hall–Kier alpha value is -0.640. The van der Waals surface area contributed by atoms with Gasteiger partial charge >= 0.3 is 7.60 Å². The van der Waals surface area contributed by atoms with Crippen LogP contribution in [0.5, 0.6) is 0 Å². The Bertz CT molecular complexity index is 246. The highest BCUT2D eigenvalue weighted by Crippen LogP contribution is 2.45. The van der Waals surface area contributed by atoms with Crippen molar-refractivity contribution in [3.8, 4) is 0 Å². The van der Waals surface area contributed by atoms with E-state index in [2.05, 4.69) is 6.58 Å². The molecule has 0 N–H and O–H groups in total. The predicted molar refractivity (Wildman–Crippen MR) is 54.3 cm³/mol. The quantitative estimate of drug-likeness (QED) is 0.498. The van der Waals surface area contributed by atoms with Crippen molar-refractivity contribution in [2.75, 3.05) is 34.0 Å². The van der Waals surface area contributed by atoms with Crippen LogP contribution >= 0.6 is 7.60 Å². The maximum Gasteiger partial charge on any atom is 0.331 e. The van der Waals surface area contributed by atoms with Crippen molar-refractivity contribution in [3.05, 3.63) is 12.7 Å². The van der Waals surface area contributed by atoms with Crippen LogP contribution in [0.15, 0.2) is 12.7 Å². The fourth-order valence-electron chi connectivity index (χ4n) is 0.796. The van der Waals surface area contributed by atoms with Crippen LogP contribution in [0.4, 0.5) is 0 Å². The van der Waals surface area contributed by atoms with Crippen molar-refractivity contribution in [1.29, 1.82) is 0 Å². The average Bonchev–Trinajstić information content (AvgIpc) is 2.24. The summed E-state index contributed by atoms with van der Waals surface area (Å²) in [6.45, 7) is 3.65. The summed E-state index contributed by atoms with van der Waals surface area (Å²) in [6.07, 6.45) is 1.38. The Balaban J connectivity index is 4.10. The van der Waals surface area contributed by atoms with Gasteiger partial charge in [-0.3, -0.25) is 9.36 Å². The molecule has 0 aromatic heterocycles. The highest BCUT2D eigenvalue weighted by Gasteiger charge is 2.21. The van der Waals surface area contributed by atoms with E-state index in [0.717, 1.165) is 0 Å². The van der Waals surface area contributed by atoms with Crippen molar-refractivity contribution in [3.63, 3.8) is 0 Å². The molecule has 0 aromatic carbocycles. The van der Waals surface area contributed by atoms with Gasteiger partial charge in [0.25, 0.3) is 0 Å². The van der Waals surface area contributed by atoms with Gasteiger partial charge in [0.15, 0.2) is 0 Å². The normalized spacial score (nSPS) is 11.1. The van der Waals surface area contributed by atoms with E-state index in [1.165, 1.54) is 25.2 Å². The standard InChI is InChI=1S/C8H16NO4P/c1-5-8(10)9(2)6-7-14(11,12-3)13-4/h5H,1,6-7H2,2-4H3. The molecular weight excluding hydrogens is 205 g/mol. The molecule has 0 bridgehead atoms. The number of carbonyl (C=O) groups is 1. The van der Waals surface area contributed by atoms with Crippen LogP contribution in [0, 0.1) is 0 Å². The van der Waals surface area contributed by atoms with E-state index in [4.69, 9.17) is 9.05 Å². The zero-order valence-electron chi connectivity index (χ0n) is 8.73. The summed E-state index contributed by atoms with van der Waals surface area (Å²) in [7, 11) is 1.22. The van der Waals surface area contributed by atoms with E-state index in [0.29, 0.717) is 6.54 Å². The van der Waals surface area contributed by atoms with Gasteiger partial charge in [0, 0.05) is 27.8 Å². The topological polar surface area (TPSA) is 55.8 Å². The Morgan fingerprint density at radius 1 is 1.50 bits per heavy atom. The number of amides is 1. The summed E-state index contributed by atoms with van der Waals surface area (Å²) in [5, 5.41) is 0. The number of rotatable bonds is 6. The molecule has 0 atom stereocenters. The molecule has 0 aliphatic rings. The molecule has 0 spiro atoms. The molecule has 0 aromatic rings. The lowest BCUT2D eigenvalue weighted by atomic mass is 10.5. The summed E-state index contributed by atoms with van der Waals surface area (Å²) in [6, 6.07) is 0. The Morgan fingerprint density at radius 2 is 2.00 bits per heavy atom. The molecule has 14 heavy (non-hydrogen) atoms. The molecular formula is C8H16NO4P. The molecule has 0 heterocycles. The lowest BCUT2D eigenvalue weighted by molar-refractivity contribution is -0.124. The Kier molecular flexibility index (Phi) is 5.69. The maximum atomic E-state index is 11.6. The second kappa shape index (κ2) is 5.96. The van der Waals surface area contributed by atoms with Crippen LogP contribution in [0.2, 0.25) is 0 Å². The van der Waals surface area contributed by atoms with Gasteiger partial charge in [-0.1, -0.05) is 6.58 Å². The van der Waals surface area contributed by atoms with E-state index in [1.54, 1.807) is 7.05 Å². The minimum absolute atomic E-state index is 0.177. The van der Waals surface area contributed by atoms with Crippen LogP contribution in [-0.2, 0) is 18.4 Å². The number of hydrogen-bond donors (Lipinski definition) is 0. The molecule has 0 aliphatic carbocycles. The third kappa shape index (κ3) is 4.05. The van der Waals surface area contributed by atoms with Gasteiger partial charge in [-0.2, -0.15) is 0 Å². The zero-order chi connectivity index (χ0) is 11.2. The molecule has 5 nitrogen and oxygen atoms in total. The predicted octanol–water partition coefficient (Wildman–Crippen LogP) is 1.12. The Morgan fingerprint density at radius 3 is 2.36 bits per heavy atom. The third-order valence-corrected chi connectivity index (χ3v) is 3.68. The molecule has 0 unspecified atom stereocenters. The SMILES string of the molecule is C=CC(=O)N(C)CCP(=O)(OC)OC. The zero-order valence-corrected chi connectivity index (χ0v) is 9.62. The molecule has 6 heteroatoms. The molecule has 82 valence electrons. The van der Waals surface area contributed by atoms with E-state index in [1.807, 2.05) is 0 Å². The third-order valence-electron chi connectivity index (χ3n) is 1.82. The van der Waals surface area contributed by atoms with Crippen LogP contribution in [0.1, 0.15) is 0 Å². The van der Waals surface area contributed by atoms with E-state index in [9.17, 15) is 9.36 Å². The first-order valence-corrected chi connectivity index (χ1v) is 5.80. The van der Waals surface area contributed by atoms with Crippen molar-refractivity contribution in [1.82, 2.24) is 4.90 Å². The van der Waals surface area contributed by atoms with Crippen molar-refractivity contribution in [2.45, 2.75) is 0 Å². The average molecular weight is 221 g/mol. The fourth-order valence-corrected chi connectivity index (χ4v) is 1.85. The van der Waals surface area contributed by atoms with E-state index < -0.39 is 7.60 Å². The number of carbonyl (C=O) groups excluding carboxylic acids is 1. The van der Waals surface area contributed by atoms with Crippen LogP contribution < -0.4 is 0 Å². The van der Waals surface area contributed by atoms with Gasteiger partial charge in [-0.25, -0.2) is 0 Å². The van der Waals surface area contributed by atoms with Crippen molar-refractivity contribution < 1.29 is 18.4 Å². The number of nitrogens with zero attached hydrogens (tertiary/aromatic N) is 1. The molecule has 1 amide bonds. The molecule has 0 aliphatic heterocycles. The van der Waals surface area contributed by atoms with E-state index in [-0.39, 0.29) is 12.1 Å². The smallest absolute Gasteiger partial charge is 0.331 e. The van der Waals surface area contributed by atoms with Crippen LogP contribution in [0.3, 0.4) is 0 Å². The monoisotopic (exact) mass is 221 g/mol. The van der Waals surface area contributed by atoms with Gasteiger partial charge < -0.3 is 13.9 Å². The summed E-state index contributed by atoms with van der Waals surface area (Å²) >= 11 is 0. The molecule has 0 fully saturated rings. The van der Waals surface area contributed by atoms with Gasteiger partial charge in [-0.15, -0.1) is 0 Å². The summed E-state index contributed by atoms with van der Waals surface area (Å²) in [5.41, 5.74) is 0. The highest BCUT2D eigenvalue weighted by molar-refractivity contribution is 7.53. The number of likely N-dealkylation sites (N-methyl/N-ethyl adjacent to an activating group) is 1. The summed E-state index contributed by atoms with van der Waals surface area (Å²) in [5.74, 6) is -0.219. The second-order valence-corrected chi connectivity index (χ2v) is 5.06. The molecule has 0 rings (SSSR count). The van der Waals surface area contributed by atoms with Gasteiger partial charge in [0.05, 0.1) is 6.16 Å². The van der Waals surface area contributed by atoms with Gasteiger partial charge in [0.2, 0.25) is 5.91 Å².